The molecular formula is C32H32N8O2S. The summed E-state index contributed by atoms with van der Waals surface area (Å²) in [6.07, 6.45) is 2.17. The Kier molecular flexibility index (Phi) is 6.63. The molecule has 1 aromatic carbocycles. The molecule has 7 rings (SSSR count). The molecule has 11 heteroatoms. The molecule has 4 aromatic rings. The minimum absolute atomic E-state index is 0.185. The maximum Gasteiger partial charge on any atom is 0.269 e. The second-order valence-electron chi connectivity index (χ2n) is 11.8. The first-order valence-electron chi connectivity index (χ1n) is 14.3. The summed E-state index contributed by atoms with van der Waals surface area (Å²) >= 11 is 1.75. The molecule has 1 amide bonds. The molecule has 1 saturated carbocycles. The molecule has 3 aliphatic rings. The Balaban J connectivity index is 1.06. The van der Waals surface area contributed by atoms with Gasteiger partial charge in [0.15, 0.2) is 17.3 Å². The molecule has 1 atom stereocenters. The quantitative estimate of drug-likeness (QED) is 0.348. The van der Waals surface area contributed by atoms with E-state index in [9.17, 15) is 4.79 Å². The zero-order valence-corrected chi connectivity index (χ0v) is 25.4. The second-order valence-corrected chi connectivity index (χ2v) is 13.0. The zero-order chi connectivity index (χ0) is 29.9. The van der Waals surface area contributed by atoms with Crippen molar-refractivity contribution in [1.29, 1.82) is 0 Å². The number of primary amides is 1. The molecule has 1 aliphatic carbocycles. The molecule has 0 radical (unpaired) electrons. The van der Waals surface area contributed by atoms with E-state index in [0.29, 0.717) is 17.9 Å². The minimum Gasteiger partial charge on any atom is -0.382 e. The number of amides is 1. The van der Waals surface area contributed by atoms with E-state index in [-0.39, 0.29) is 11.7 Å². The van der Waals surface area contributed by atoms with Gasteiger partial charge in [-0.25, -0.2) is 0 Å². The second kappa shape index (κ2) is 10.4. The van der Waals surface area contributed by atoms with E-state index in [4.69, 9.17) is 15.5 Å². The van der Waals surface area contributed by atoms with E-state index in [2.05, 4.69) is 79.8 Å². The highest BCUT2D eigenvalue weighted by Gasteiger charge is 2.52. The van der Waals surface area contributed by atoms with Crippen molar-refractivity contribution in [3.05, 3.63) is 80.9 Å². The summed E-state index contributed by atoms with van der Waals surface area (Å²) in [5, 5.41) is 18.0. The van der Waals surface area contributed by atoms with Crippen LogP contribution in [0.4, 0.5) is 5.82 Å². The first-order valence-corrected chi connectivity index (χ1v) is 15.2. The Hall–Kier alpha value is -4.40. The van der Waals surface area contributed by atoms with Crippen LogP contribution >= 0.6 is 11.3 Å². The Morgan fingerprint density at radius 1 is 1.07 bits per heavy atom. The number of fused-ring (bicyclic) bond motifs is 3. The number of nitrogens with zero attached hydrogens (tertiary/aromatic N) is 7. The lowest BCUT2D eigenvalue weighted by molar-refractivity contribution is 0.0521. The van der Waals surface area contributed by atoms with Crippen molar-refractivity contribution in [2.24, 2.45) is 22.1 Å². The predicted octanol–water partition coefficient (Wildman–Crippen LogP) is 3.95. The molecule has 1 saturated heterocycles. The SMILES string of the molecule is COCC1N=C(c2ccc(C#CC3CC4(C3)CN(c3ccc(C(N)=O)nn3)C4)cc2)c2c(sc(C)c2C)-n2c(C)nnc21. The number of anilines is 1. The maximum atomic E-state index is 11.2. The van der Waals surface area contributed by atoms with Crippen LogP contribution < -0.4 is 10.6 Å². The fraction of sp³-hybridized carbons (Fsp3) is 0.375. The summed E-state index contributed by atoms with van der Waals surface area (Å²) in [5.74, 6) is 9.17. The highest BCUT2D eigenvalue weighted by Crippen LogP contribution is 2.52. The van der Waals surface area contributed by atoms with Crippen LogP contribution in [0.25, 0.3) is 5.00 Å². The number of aryl methyl sites for hydroxylation is 2. The lowest BCUT2D eigenvalue weighted by Crippen LogP contribution is -2.62. The highest BCUT2D eigenvalue weighted by atomic mass is 32.1. The molecule has 0 bridgehead atoms. The van der Waals surface area contributed by atoms with Gasteiger partial charge in [0.1, 0.15) is 16.9 Å². The Morgan fingerprint density at radius 2 is 1.84 bits per heavy atom. The van der Waals surface area contributed by atoms with Crippen LogP contribution in [0.3, 0.4) is 0 Å². The van der Waals surface area contributed by atoms with E-state index in [1.165, 1.54) is 10.4 Å². The average molecular weight is 593 g/mol. The fourth-order valence-corrected chi connectivity index (χ4v) is 7.66. The molecule has 1 spiro atoms. The predicted molar refractivity (Wildman–Crippen MR) is 165 cm³/mol. The van der Waals surface area contributed by atoms with Crippen LogP contribution in [0.5, 0.6) is 0 Å². The van der Waals surface area contributed by atoms with Crippen molar-refractivity contribution < 1.29 is 9.53 Å². The molecule has 10 nitrogen and oxygen atoms in total. The van der Waals surface area contributed by atoms with Crippen LogP contribution in [0.15, 0.2) is 41.4 Å². The smallest absolute Gasteiger partial charge is 0.269 e. The Morgan fingerprint density at radius 3 is 2.51 bits per heavy atom. The van der Waals surface area contributed by atoms with Crippen molar-refractivity contribution in [3.8, 4) is 16.8 Å². The number of rotatable bonds is 5. The number of carbonyl (C=O) groups is 1. The van der Waals surface area contributed by atoms with E-state index in [1.54, 1.807) is 24.5 Å². The van der Waals surface area contributed by atoms with Gasteiger partial charge in [-0.3, -0.25) is 14.4 Å². The normalized spacial score (nSPS) is 18.5. The van der Waals surface area contributed by atoms with Crippen LogP contribution in [0, 0.1) is 43.9 Å². The standard InChI is InChI=1S/C32H32N8O2S/c1-18-19(2)43-31-27(18)28(34-25(15-42-4)30-38-35-20(3)40(30)31)23-9-7-21(8-10-23)5-6-22-13-32(14-22)16-39(17-32)26-12-11-24(29(33)41)36-37-26/h7-12,22,25H,13-17H2,1-4H3,(H2,33,41). The largest absolute Gasteiger partial charge is 0.382 e. The van der Waals surface area contributed by atoms with E-state index >= 15 is 0 Å². The van der Waals surface area contributed by atoms with Gasteiger partial charge in [0.2, 0.25) is 0 Å². The van der Waals surface area contributed by atoms with Gasteiger partial charge < -0.3 is 15.4 Å². The van der Waals surface area contributed by atoms with Crippen LogP contribution in [-0.4, -0.2) is 63.4 Å². The van der Waals surface area contributed by atoms with E-state index in [1.807, 2.05) is 13.0 Å². The first-order chi connectivity index (χ1) is 20.7. The summed E-state index contributed by atoms with van der Waals surface area (Å²) in [4.78, 5) is 19.9. The number of hydrogen-bond donors (Lipinski definition) is 1. The fourth-order valence-electron chi connectivity index (χ4n) is 6.45. The monoisotopic (exact) mass is 592 g/mol. The minimum atomic E-state index is -0.564. The van der Waals surface area contributed by atoms with Crippen molar-refractivity contribution in [1.82, 2.24) is 25.0 Å². The van der Waals surface area contributed by atoms with Crippen molar-refractivity contribution >= 4 is 28.8 Å². The van der Waals surface area contributed by atoms with Gasteiger partial charge in [0, 0.05) is 53.1 Å². The number of aromatic nitrogens is 5. The van der Waals surface area contributed by atoms with Gasteiger partial charge in [-0.15, -0.1) is 31.7 Å². The molecule has 43 heavy (non-hydrogen) atoms. The third-order valence-electron chi connectivity index (χ3n) is 8.78. The summed E-state index contributed by atoms with van der Waals surface area (Å²) in [5.41, 5.74) is 11.1. The zero-order valence-electron chi connectivity index (χ0n) is 24.6. The molecule has 5 heterocycles. The van der Waals surface area contributed by atoms with E-state index < -0.39 is 5.91 Å². The maximum absolute atomic E-state index is 11.2. The van der Waals surface area contributed by atoms with Crippen LogP contribution in [0.1, 0.15) is 68.2 Å². The van der Waals surface area contributed by atoms with Crippen molar-refractivity contribution in [2.45, 2.75) is 39.7 Å². The van der Waals surface area contributed by atoms with Gasteiger partial charge in [-0.05, 0) is 63.4 Å². The van der Waals surface area contributed by atoms with Crippen molar-refractivity contribution in [3.63, 3.8) is 0 Å². The van der Waals surface area contributed by atoms with Gasteiger partial charge in [0.05, 0.1) is 12.3 Å². The number of thiophene rings is 1. The van der Waals surface area contributed by atoms with Crippen LogP contribution in [-0.2, 0) is 4.74 Å². The first kappa shape index (κ1) is 27.4. The molecule has 2 fully saturated rings. The number of carbonyl (C=O) groups excluding carboxylic acids is 1. The summed E-state index contributed by atoms with van der Waals surface area (Å²) in [6.45, 7) is 8.60. The molecule has 2 aliphatic heterocycles. The third-order valence-corrected chi connectivity index (χ3v) is 9.97. The highest BCUT2D eigenvalue weighted by molar-refractivity contribution is 7.15. The Bertz CT molecular complexity index is 1810. The van der Waals surface area contributed by atoms with Gasteiger partial charge in [-0.2, -0.15) is 0 Å². The Labute approximate surface area is 254 Å². The lowest BCUT2D eigenvalue weighted by atomic mass is 9.58. The van der Waals surface area contributed by atoms with Gasteiger partial charge >= 0.3 is 0 Å². The average Bonchev–Trinajstić information content (AvgIpc) is 3.43. The summed E-state index contributed by atoms with van der Waals surface area (Å²) < 4.78 is 7.69. The third kappa shape index (κ3) is 4.71. The molecule has 3 aromatic heterocycles. The summed E-state index contributed by atoms with van der Waals surface area (Å²) in [6, 6.07) is 11.6. The molecule has 1 unspecified atom stereocenters. The topological polar surface area (TPSA) is 124 Å². The van der Waals surface area contributed by atoms with Gasteiger partial charge in [-0.1, -0.05) is 24.0 Å². The molecular weight excluding hydrogens is 560 g/mol. The number of ether oxygens (including phenoxy) is 1. The molecule has 2 N–H and O–H groups in total. The number of aliphatic imine (C=N–C) groups is 1. The molecule has 218 valence electrons. The van der Waals surface area contributed by atoms with E-state index in [0.717, 1.165) is 70.8 Å². The lowest BCUT2D eigenvalue weighted by Gasteiger charge is -2.58. The van der Waals surface area contributed by atoms with Crippen LogP contribution in [0.2, 0.25) is 0 Å². The number of hydrogen-bond acceptors (Lipinski definition) is 9. The number of nitrogens with two attached hydrogens (primary N) is 1. The summed E-state index contributed by atoms with van der Waals surface area (Å²) in [7, 11) is 1.69. The number of methoxy groups -OCH3 is 1. The number of benzene rings is 1. The van der Waals surface area contributed by atoms with Gasteiger partial charge in [0.25, 0.3) is 5.91 Å². The van der Waals surface area contributed by atoms with Crippen molar-refractivity contribution in [2.75, 3.05) is 31.7 Å².